The number of nitrogens with zero attached hydrogens (tertiary/aromatic N) is 4. The fraction of sp³-hybridized carbons (Fsp3) is 0.235. The van der Waals surface area contributed by atoms with Gasteiger partial charge in [-0.05, 0) is 31.5 Å². The molecule has 0 saturated carbocycles. The number of amides is 1. The van der Waals surface area contributed by atoms with Gasteiger partial charge in [-0.3, -0.25) is 14.2 Å². The van der Waals surface area contributed by atoms with Gasteiger partial charge in [-0.25, -0.2) is 0 Å². The predicted molar refractivity (Wildman–Crippen MR) is 93.4 cm³/mol. The molecule has 0 bridgehead atoms. The first-order valence-corrected chi connectivity index (χ1v) is 8.06. The van der Waals surface area contributed by atoms with E-state index in [4.69, 9.17) is 11.6 Å². The van der Waals surface area contributed by atoms with Crippen LogP contribution >= 0.6 is 11.6 Å². The molecule has 0 aliphatic rings. The van der Waals surface area contributed by atoms with Crippen molar-refractivity contribution in [3.05, 3.63) is 64.6 Å². The molecule has 2 heterocycles. The van der Waals surface area contributed by atoms with E-state index in [9.17, 15) is 4.79 Å². The normalized spacial score (nSPS) is 10.8. The highest BCUT2D eigenvalue weighted by atomic mass is 35.5. The molecule has 3 aromatic rings. The first-order chi connectivity index (χ1) is 11.6. The molecular weight excluding hydrogens is 326 g/mol. The van der Waals surface area contributed by atoms with Crippen LogP contribution in [0.1, 0.15) is 28.5 Å². The SMILES string of the molecule is CCn1ncc(C(=O)Nc2ccn(Cc3ccc(Cl)cc3)n2)c1C. The van der Waals surface area contributed by atoms with E-state index in [0.717, 1.165) is 17.8 Å². The Morgan fingerprint density at radius 3 is 2.67 bits per heavy atom. The molecule has 24 heavy (non-hydrogen) atoms. The highest BCUT2D eigenvalue weighted by molar-refractivity contribution is 6.30. The van der Waals surface area contributed by atoms with Crippen LogP contribution in [0.3, 0.4) is 0 Å². The van der Waals surface area contributed by atoms with E-state index in [2.05, 4.69) is 15.5 Å². The van der Waals surface area contributed by atoms with E-state index in [1.165, 1.54) is 0 Å². The number of nitrogens with one attached hydrogen (secondary N) is 1. The largest absolute Gasteiger partial charge is 0.305 e. The molecule has 1 amide bonds. The number of anilines is 1. The van der Waals surface area contributed by atoms with Crippen molar-refractivity contribution in [3.63, 3.8) is 0 Å². The summed E-state index contributed by atoms with van der Waals surface area (Å²) in [7, 11) is 0. The molecule has 124 valence electrons. The number of halogens is 1. The van der Waals surface area contributed by atoms with Crippen LogP contribution in [0.2, 0.25) is 5.02 Å². The second kappa shape index (κ2) is 6.88. The van der Waals surface area contributed by atoms with Gasteiger partial charge < -0.3 is 5.32 Å². The Morgan fingerprint density at radius 1 is 1.25 bits per heavy atom. The van der Waals surface area contributed by atoms with Crippen LogP contribution in [0.4, 0.5) is 5.82 Å². The van der Waals surface area contributed by atoms with E-state index >= 15 is 0 Å². The summed E-state index contributed by atoms with van der Waals surface area (Å²) in [6, 6.07) is 9.36. The number of carbonyl (C=O) groups excluding carboxylic acids is 1. The molecular formula is C17H18ClN5O. The average molecular weight is 344 g/mol. The Hall–Kier alpha value is -2.60. The first-order valence-electron chi connectivity index (χ1n) is 7.68. The van der Waals surface area contributed by atoms with Crippen molar-refractivity contribution in [1.29, 1.82) is 0 Å². The zero-order valence-electron chi connectivity index (χ0n) is 13.5. The summed E-state index contributed by atoms with van der Waals surface area (Å²) in [6.07, 6.45) is 3.41. The predicted octanol–water partition coefficient (Wildman–Crippen LogP) is 3.36. The van der Waals surface area contributed by atoms with Gasteiger partial charge in [0.1, 0.15) is 0 Å². The number of carbonyl (C=O) groups is 1. The van der Waals surface area contributed by atoms with Crippen LogP contribution in [0, 0.1) is 6.92 Å². The van der Waals surface area contributed by atoms with Crippen LogP contribution in [0.25, 0.3) is 0 Å². The molecule has 1 N–H and O–H groups in total. The van der Waals surface area contributed by atoms with E-state index in [1.807, 2.05) is 44.3 Å². The lowest BCUT2D eigenvalue weighted by Gasteiger charge is -2.04. The van der Waals surface area contributed by atoms with Crippen LogP contribution in [-0.2, 0) is 13.1 Å². The Labute approximate surface area is 145 Å². The van der Waals surface area contributed by atoms with Gasteiger partial charge in [-0.15, -0.1) is 0 Å². The van der Waals surface area contributed by atoms with E-state index in [0.29, 0.717) is 22.9 Å². The third kappa shape index (κ3) is 3.49. The lowest BCUT2D eigenvalue weighted by molar-refractivity contribution is 0.102. The fourth-order valence-electron chi connectivity index (χ4n) is 2.47. The molecule has 3 rings (SSSR count). The van der Waals surface area contributed by atoms with Crippen LogP contribution in [-0.4, -0.2) is 25.5 Å². The second-order valence-electron chi connectivity index (χ2n) is 5.44. The van der Waals surface area contributed by atoms with E-state index in [-0.39, 0.29) is 5.91 Å². The summed E-state index contributed by atoms with van der Waals surface area (Å²) >= 11 is 5.88. The van der Waals surface area contributed by atoms with Crippen molar-refractivity contribution in [1.82, 2.24) is 19.6 Å². The summed E-state index contributed by atoms with van der Waals surface area (Å²) in [5.74, 6) is 0.307. The van der Waals surface area contributed by atoms with Crippen LogP contribution < -0.4 is 5.32 Å². The van der Waals surface area contributed by atoms with Crippen LogP contribution in [0.5, 0.6) is 0 Å². The monoisotopic (exact) mass is 343 g/mol. The van der Waals surface area contributed by atoms with Gasteiger partial charge in [-0.1, -0.05) is 23.7 Å². The highest BCUT2D eigenvalue weighted by Crippen LogP contribution is 2.13. The zero-order valence-corrected chi connectivity index (χ0v) is 14.3. The molecule has 0 saturated heterocycles. The number of aryl methyl sites for hydroxylation is 1. The number of benzene rings is 1. The third-order valence-electron chi connectivity index (χ3n) is 3.79. The minimum Gasteiger partial charge on any atom is -0.305 e. The van der Waals surface area contributed by atoms with Crippen molar-refractivity contribution in [2.45, 2.75) is 26.9 Å². The Kier molecular flexibility index (Phi) is 4.66. The van der Waals surface area contributed by atoms with Gasteiger partial charge >= 0.3 is 0 Å². The molecule has 0 spiro atoms. The number of hydrogen-bond acceptors (Lipinski definition) is 3. The summed E-state index contributed by atoms with van der Waals surface area (Å²) in [5.41, 5.74) is 2.49. The summed E-state index contributed by atoms with van der Waals surface area (Å²) < 4.78 is 3.55. The number of rotatable bonds is 5. The topological polar surface area (TPSA) is 64.7 Å². The summed E-state index contributed by atoms with van der Waals surface area (Å²) in [6.45, 7) is 5.21. The quantitative estimate of drug-likeness (QED) is 0.772. The van der Waals surface area contributed by atoms with E-state index < -0.39 is 0 Å². The Balaban J connectivity index is 1.68. The Bertz CT molecular complexity index is 850. The van der Waals surface area contributed by atoms with Gasteiger partial charge in [0.05, 0.1) is 18.3 Å². The molecule has 0 unspecified atom stereocenters. The second-order valence-corrected chi connectivity index (χ2v) is 5.88. The van der Waals surface area contributed by atoms with Gasteiger partial charge in [-0.2, -0.15) is 10.2 Å². The van der Waals surface area contributed by atoms with Gasteiger partial charge in [0.2, 0.25) is 0 Å². The fourth-order valence-corrected chi connectivity index (χ4v) is 2.59. The molecule has 2 aromatic heterocycles. The maximum Gasteiger partial charge on any atom is 0.260 e. The van der Waals surface area contributed by atoms with Gasteiger partial charge in [0, 0.05) is 29.5 Å². The first kappa shape index (κ1) is 16.3. The third-order valence-corrected chi connectivity index (χ3v) is 4.04. The number of aromatic nitrogens is 4. The van der Waals surface area contributed by atoms with Crippen molar-refractivity contribution in [2.75, 3.05) is 5.32 Å². The van der Waals surface area contributed by atoms with Crippen LogP contribution in [0.15, 0.2) is 42.7 Å². The lowest BCUT2D eigenvalue weighted by atomic mass is 10.2. The molecule has 1 aromatic carbocycles. The molecule has 6 nitrogen and oxygen atoms in total. The van der Waals surface area contributed by atoms with Crippen molar-refractivity contribution in [2.24, 2.45) is 0 Å². The Morgan fingerprint density at radius 2 is 2.00 bits per heavy atom. The van der Waals surface area contributed by atoms with Gasteiger partial charge in [0.15, 0.2) is 5.82 Å². The summed E-state index contributed by atoms with van der Waals surface area (Å²) in [5, 5.41) is 12.1. The summed E-state index contributed by atoms with van der Waals surface area (Å²) in [4.78, 5) is 12.3. The molecule has 7 heteroatoms. The standard InChI is InChI=1S/C17H18ClN5O/c1-3-23-12(2)15(10-19-23)17(24)20-16-8-9-22(21-16)11-13-4-6-14(18)7-5-13/h4-10H,3,11H2,1-2H3,(H,20,21,24). The minimum absolute atomic E-state index is 0.205. The molecule has 0 atom stereocenters. The van der Waals surface area contributed by atoms with Crippen molar-refractivity contribution in [3.8, 4) is 0 Å². The lowest BCUT2D eigenvalue weighted by Crippen LogP contribution is -2.14. The van der Waals surface area contributed by atoms with E-state index in [1.54, 1.807) is 21.6 Å². The highest BCUT2D eigenvalue weighted by Gasteiger charge is 2.14. The maximum absolute atomic E-state index is 12.3. The van der Waals surface area contributed by atoms with Crippen molar-refractivity contribution >= 4 is 23.3 Å². The van der Waals surface area contributed by atoms with Gasteiger partial charge in [0.25, 0.3) is 5.91 Å². The average Bonchev–Trinajstić information content (AvgIpc) is 3.16. The smallest absolute Gasteiger partial charge is 0.260 e. The molecule has 0 aliphatic heterocycles. The molecule has 0 radical (unpaired) electrons. The number of hydrogen-bond donors (Lipinski definition) is 1. The molecule has 0 fully saturated rings. The van der Waals surface area contributed by atoms with Crippen molar-refractivity contribution < 1.29 is 4.79 Å². The molecule has 0 aliphatic carbocycles. The maximum atomic E-state index is 12.3. The minimum atomic E-state index is -0.205. The zero-order chi connectivity index (χ0) is 17.1.